The Kier molecular flexibility index (Phi) is 6.27. The normalized spacial score (nSPS) is 11.1. The molecule has 0 bridgehead atoms. The first-order valence-corrected chi connectivity index (χ1v) is 5.68. The number of carbonyl (C=O) groups is 1. The smallest absolute Gasteiger partial charge is 0.153 e. The Hall–Kier alpha value is -0.810. The molecule has 0 aromatic carbocycles. The van der Waals surface area contributed by atoms with E-state index in [9.17, 15) is 4.79 Å². The summed E-state index contributed by atoms with van der Waals surface area (Å²) in [5.41, 5.74) is -0.348. The fraction of sp³-hybridized carbons (Fsp3) is 0.769. The van der Waals surface area contributed by atoms with Crippen LogP contribution in [0.3, 0.4) is 0 Å². The van der Waals surface area contributed by atoms with Gasteiger partial charge in [0.05, 0.1) is 5.54 Å². The van der Waals surface area contributed by atoms with E-state index in [4.69, 9.17) is 0 Å². The third-order valence-electron chi connectivity index (χ3n) is 2.89. The highest BCUT2D eigenvalue weighted by molar-refractivity contribution is 5.87. The molecule has 0 aliphatic rings. The van der Waals surface area contributed by atoms with Gasteiger partial charge in [-0.25, -0.2) is 0 Å². The van der Waals surface area contributed by atoms with E-state index in [1.54, 1.807) is 6.92 Å². The molecule has 2 nitrogen and oxygen atoms in total. The average molecular weight is 209 g/mol. The summed E-state index contributed by atoms with van der Waals surface area (Å²) in [5, 5.41) is 0. The van der Waals surface area contributed by atoms with Gasteiger partial charge in [-0.3, -0.25) is 9.69 Å². The van der Waals surface area contributed by atoms with Crippen molar-refractivity contribution < 1.29 is 4.79 Å². The van der Waals surface area contributed by atoms with E-state index in [2.05, 4.69) is 30.6 Å². The Labute approximate surface area is 94.0 Å². The lowest BCUT2D eigenvalue weighted by Crippen LogP contribution is -2.49. The van der Waals surface area contributed by atoms with Crippen LogP contribution in [0.4, 0.5) is 0 Å². The molecule has 2 heteroatoms. The number of likely N-dealkylation sites (N-methyl/N-ethyl adjacent to an activating group) is 1. The predicted molar refractivity (Wildman–Crippen MR) is 64.7 cm³/mol. The van der Waals surface area contributed by atoms with Crippen LogP contribution >= 0.6 is 0 Å². The number of Topliss-reactive ketones (excluding diaryl/α,β-unsaturated/α-hetero) is 1. The van der Waals surface area contributed by atoms with Gasteiger partial charge >= 0.3 is 0 Å². The molecule has 0 fully saturated rings. The molecule has 0 unspecified atom stereocenters. The second-order valence-electron chi connectivity index (χ2n) is 4.08. The van der Waals surface area contributed by atoms with E-state index in [1.807, 2.05) is 13.8 Å². The minimum absolute atomic E-state index is 0.286. The molecule has 0 spiro atoms. The van der Waals surface area contributed by atoms with Gasteiger partial charge in [0, 0.05) is 12.8 Å². The number of carbonyl (C=O) groups excluding carboxylic acids is 1. The molecule has 0 heterocycles. The van der Waals surface area contributed by atoms with Gasteiger partial charge < -0.3 is 0 Å². The second kappa shape index (κ2) is 6.63. The van der Waals surface area contributed by atoms with Crippen LogP contribution in [0.2, 0.25) is 0 Å². The molecule has 0 aliphatic carbocycles. The molecule has 0 aromatic heterocycles. The summed E-state index contributed by atoms with van der Waals surface area (Å²) in [6.45, 7) is 11.8. The Morgan fingerprint density at radius 2 is 1.80 bits per heavy atom. The summed E-state index contributed by atoms with van der Waals surface area (Å²) < 4.78 is 0. The summed E-state index contributed by atoms with van der Waals surface area (Å²) >= 11 is 0. The third kappa shape index (κ3) is 4.05. The van der Waals surface area contributed by atoms with Crippen LogP contribution in [0.1, 0.15) is 47.5 Å². The molecule has 0 aliphatic heterocycles. The fourth-order valence-corrected chi connectivity index (χ4v) is 1.80. The van der Waals surface area contributed by atoms with Crippen LogP contribution in [-0.2, 0) is 4.79 Å². The van der Waals surface area contributed by atoms with Crippen molar-refractivity contribution in [1.29, 1.82) is 0 Å². The maximum Gasteiger partial charge on any atom is 0.153 e. The van der Waals surface area contributed by atoms with E-state index < -0.39 is 0 Å². The van der Waals surface area contributed by atoms with Gasteiger partial charge in [-0.15, -0.1) is 11.8 Å². The molecule has 0 saturated carbocycles. The van der Waals surface area contributed by atoms with Gasteiger partial charge in [0.1, 0.15) is 0 Å². The number of nitrogens with zero attached hydrogens (tertiary/aromatic N) is 1. The molecule has 0 radical (unpaired) electrons. The largest absolute Gasteiger partial charge is 0.298 e. The molecule has 0 amide bonds. The molecule has 0 saturated heterocycles. The van der Waals surface area contributed by atoms with Crippen LogP contribution in [-0.4, -0.2) is 29.3 Å². The molecule has 0 N–H and O–H groups in total. The van der Waals surface area contributed by atoms with Crippen LogP contribution in [0.5, 0.6) is 0 Å². The van der Waals surface area contributed by atoms with E-state index >= 15 is 0 Å². The van der Waals surface area contributed by atoms with Crippen molar-refractivity contribution in [2.24, 2.45) is 0 Å². The van der Waals surface area contributed by atoms with Gasteiger partial charge in [0.15, 0.2) is 5.78 Å². The first-order valence-electron chi connectivity index (χ1n) is 5.68. The summed E-state index contributed by atoms with van der Waals surface area (Å²) in [6.07, 6.45) is 1.24. The van der Waals surface area contributed by atoms with Crippen molar-refractivity contribution in [2.75, 3.05) is 13.1 Å². The molecule has 86 valence electrons. The lowest BCUT2D eigenvalue weighted by atomic mass is 9.93. The Bertz CT molecular complexity index is 253. The van der Waals surface area contributed by atoms with Crippen LogP contribution < -0.4 is 0 Å². The zero-order chi connectivity index (χ0) is 11.9. The van der Waals surface area contributed by atoms with Crippen LogP contribution in [0, 0.1) is 11.8 Å². The van der Waals surface area contributed by atoms with E-state index in [0.717, 1.165) is 13.1 Å². The number of rotatable bonds is 6. The van der Waals surface area contributed by atoms with E-state index in [-0.39, 0.29) is 11.3 Å². The molecule has 0 atom stereocenters. The highest BCUT2D eigenvalue weighted by atomic mass is 16.1. The minimum Gasteiger partial charge on any atom is -0.298 e. The van der Waals surface area contributed by atoms with E-state index in [1.165, 1.54) is 0 Å². The third-order valence-corrected chi connectivity index (χ3v) is 2.89. The lowest BCUT2D eigenvalue weighted by molar-refractivity contribution is -0.129. The topological polar surface area (TPSA) is 20.3 Å². The SMILES string of the molecule is CC#CCCC(=O)C(C)(C)N(CC)CC. The summed E-state index contributed by atoms with van der Waals surface area (Å²) in [7, 11) is 0. The van der Waals surface area contributed by atoms with Crippen molar-refractivity contribution in [2.45, 2.75) is 53.0 Å². The standard InChI is InChI=1S/C13H23NO/c1-6-9-10-11-12(15)13(4,5)14(7-2)8-3/h7-8,10-11H2,1-5H3. The highest BCUT2D eigenvalue weighted by Gasteiger charge is 2.31. The van der Waals surface area contributed by atoms with Gasteiger partial charge in [0.2, 0.25) is 0 Å². The van der Waals surface area contributed by atoms with Gasteiger partial charge in [-0.2, -0.15) is 0 Å². The maximum atomic E-state index is 12.0. The predicted octanol–water partition coefficient (Wildman–Crippen LogP) is 2.48. The first kappa shape index (κ1) is 14.2. The van der Waals surface area contributed by atoms with Crippen molar-refractivity contribution in [3.63, 3.8) is 0 Å². The maximum absolute atomic E-state index is 12.0. The van der Waals surface area contributed by atoms with Crippen molar-refractivity contribution >= 4 is 5.78 Å². The quantitative estimate of drug-likeness (QED) is 0.626. The number of hydrogen-bond donors (Lipinski definition) is 0. The van der Waals surface area contributed by atoms with Crippen molar-refractivity contribution in [1.82, 2.24) is 4.90 Å². The van der Waals surface area contributed by atoms with Gasteiger partial charge in [0.25, 0.3) is 0 Å². The zero-order valence-corrected chi connectivity index (χ0v) is 10.7. The Balaban J connectivity index is 4.40. The van der Waals surface area contributed by atoms with Crippen molar-refractivity contribution in [3.05, 3.63) is 0 Å². The van der Waals surface area contributed by atoms with Gasteiger partial charge in [-0.05, 0) is 33.9 Å². The highest BCUT2D eigenvalue weighted by Crippen LogP contribution is 2.17. The monoisotopic (exact) mass is 209 g/mol. The lowest BCUT2D eigenvalue weighted by Gasteiger charge is -2.35. The molecule has 0 rings (SSSR count). The Morgan fingerprint density at radius 1 is 1.27 bits per heavy atom. The molecular weight excluding hydrogens is 186 g/mol. The van der Waals surface area contributed by atoms with Crippen LogP contribution in [0.25, 0.3) is 0 Å². The Morgan fingerprint density at radius 3 is 2.20 bits per heavy atom. The molecule has 15 heavy (non-hydrogen) atoms. The van der Waals surface area contributed by atoms with Crippen LogP contribution in [0.15, 0.2) is 0 Å². The average Bonchev–Trinajstić information content (AvgIpc) is 2.19. The summed E-state index contributed by atoms with van der Waals surface area (Å²) in [4.78, 5) is 14.2. The van der Waals surface area contributed by atoms with Gasteiger partial charge in [-0.1, -0.05) is 13.8 Å². The van der Waals surface area contributed by atoms with E-state index in [0.29, 0.717) is 12.8 Å². The number of hydrogen-bond acceptors (Lipinski definition) is 2. The zero-order valence-electron chi connectivity index (χ0n) is 10.7. The van der Waals surface area contributed by atoms with Crippen molar-refractivity contribution in [3.8, 4) is 11.8 Å². The fourth-order valence-electron chi connectivity index (χ4n) is 1.80. The molecular formula is C13H23NO. The molecule has 0 aromatic rings. The second-order valence-corrected chi connectivity index (χ2v) is 4.08. The minimum atomic E-state index is -0.348. The summed E-state index contributed by atoms with van der Waals surface area (Å²) in [5.74, 6) is 6.04. The first-order chi connectivity index (χ1) is 7.00. The number of ketones is 1. The summed E-state index contributed by atoms with van der Waals surface area (Å²) in [6, 6.07) is 0.